The number of hydrogen-bond donors (Lipinski definition) is 2. The van der Waals surface area contributed by atoms with Crippen molar-refractivity contribution in [2.24, 2.45) is 0 Å². The van der Waals surface area contributed by atoms with E-state index < -0.39 is 0 Å². The first kappa shape index (κ1) is 12.7. The lowest BCUT2D eigenvalue weighted by molar-refractivity contribution is 0.242. The van der Waals surface area contributed by atoms with E-state index in [2.05, 4.69) is 33.7 Å². The predicted octanol–water partition coefficient (Wildman–Crippen LogP) is 2.11. The van der Waals surface area contributed by atoms with Crippen molar-refractivity contribution in [1.82, 2.24) is 10.6 Å². The molecule has 18 heavy (non-hydrogen) atoms. The van der Waals surface area contributed by atoms with Crippen LogP contribution in [-0.4, -0.2) is 26.2 Å². The Balaban J connectivity index is 1.98. The third kappa shape index (κ3) is 3.39. The van der Waals surface area contributed by atoms with Gasteiger partial charge in [-0.15, -0.1) is 0 Å². The number of rotatable bonds is 3. The van der Waals surface area contributed by atoms with Gasteiger partial charge >= 0.3 is 6.03 Å². The predicted molar refractivity (Wildman–Crippen MR) is 73.8 cm³/mol. The Labute approximate surface area is 108 Å². The average Bonchev–Trinajstić information content (AvgIpc) is 2.46. The first-order chi connectivity index (χ1) is 8.79. The smallest absolute Gasteiger partial charge is 0.314 e. The summed E-state index contributed by atoms with van der Waals surface area (Å²) in [6, 6.07) is 8.28. The minimum atomic E-state index is -0.140. The van der Waals surface area contributed by atoms with Crippen LogP contribution in [0.4, 0.5) is 10.5 Å². The summed E-state index contributed by atoms with van der Waals surface area (Å²) in [5.74, 6) is 0. The Hall–Kier alpha value is -1.71. The minimum absolute atomic E-state index is 0.140. The summed E-state index contributed by atoms with van der Waals surface area (Å²) in [5.41, 5.74) is 2.41. The number of benzene rings is 1. The van der Waals surface area contributed by atoms with Gasteiger partial charge in [-0.3, -0.25) is 0 Å². The van der Waals surface area contributed by atoms with Crippen molar-refractivity contribution in [3.05, 3.63) is 29.8 Å². The number of amides is 2. The number of urea groups is 1. The fraction of sp³-hybridized carbons (Fsp3) is 0.500. The number of nitrogens with zero attached hydrogens (tertiary/aromatic N) is 1. The molecule has 4 nitrogen and oxygen atoms in total. The molecule has 4 heteroatoms. The van der Waals surface area contributed by atoms with Crippen molar-refractivity contribution in [2.45, 2.75) is 25.8 Å². The van der Waals surface area contributed by atoms with Crippen molar-refractivity contribution in [2.75, 3.05) is 25.0 Å². The molecule has 98 valence electrons. The molecule has 0 atom stereocenters. The first-order valence-corrected chi connectivity index (χ1v) is 6.59. The molecule has 0 spiro atoms. The SMILES string of the molecule is CNC(=O)NCc1cccc(N2CCCCC2)c1. The molecule has 0 unspecified atom stereocenters. The van der Waals surface area contributed by atoms with E-state index in [-0.39, 0.29) is 6.03 Å². The van der Waals surface area contributed by atoms with E-state index in [4.69, 9.17) is 0 Å². The summed E-state index contributed by atoms with van der Waals surface area (Å²) in [7, 11) is 1.62. The minimum Gasteiger partial charge on any atom is -0.372 e. The van der Waals surface area contributed by atoms with Crippen LogP contribution >= 0.6 is 0 Å². The van der Waals surface area contributed by atoms with Crippen LogP contribution in [0.3, 0.4) is 0 Å². The molecule has 1 aromatic rings. The van der Waals surface area contributed by atoms with Crippen LogP contribution < -0.4 is 15.5 Å². The van der Waals surface area contributed by atoms with Crippen LogP contribution in [0.15, 0.2) is 24.3 Å². The zero-order valence-corrected chi connectivity index (χ0v) is 10.9. The van der Waals surface area contributed by atoms with Gasteiger partial charge in [0.1, 0.15) is 0 Å². The molecule has 0 aliphatic carbocycles. The second-order valence-electron chi connectivity index (χ2n) is 4.65. The highest BCUT2D eigenvalue weighted by atomic mass is 16.2. The second-order valence-corrected chi connectivity index (χ2v) is 4.65. The van der Waals surface area contributed by atoms with E-state index in [0.717, 1.165) is 18.7 Å². The number of piperidine rings is 1. The fourth-order valence-corrected chi connectivity index (χ4v) is 2.29. The summed E-state index contributed by atoms with van der Waals surface area (Å²) in [6.07, 6.45) is 3.90. The van der Waals surface area contributed by atoms with Gasteiger partial charge in [0.15, 0.2) is 0 Å². The van der Waals surface area contributed by atoms with Gasteiger partial charge in [-0.1, -0.05) is 12.1 Å². The summed E-state index contributed by atoms with van der Waals surface area (Å²) in [6.45, 7) is 2.86. The topological polar surface area (TPSA) is 44.4 Å². The van der Waals surface area contributed by atoms with Gasteiger partial charge in [-0.05, 0) is 37.0 Å². The number of carbonyl (C=O) groups excluding carboxylic acids is 1. The Morgan fingerprint density at radius 2 is 2.06 bits per heavy atom. The number of hydrogen-bond acceptors (Lipinski definition) is 2. The molecule has 2 N–H and O–H groups in total. The van der Waals surface area contributed by atoms with Crippen molar-refractivity contribution in [1.29, 1.82) is 0 Å². The lowest BCUT2D eigenvalue weighted by atomic mass is 10.1. The van der Waals surface area contributed by atoms with Crippen molar-refractivity contribution < 1.29 is 4.79 Å². The van der Waals surface area contributed by atoms with Gasteiger partial charge in [-0.25, -0.2) is 4.79 Å². The molecule has 1 heterocycles. The molecule has 0 saturated carbocycles. The second kappa shape index (κ2) is 6.28. The van der Waals surface area contributed by atoms with Crippen LogP contribution in [0.5, 0.6) is 0 Å². The van der Waals surface area contributed by atoms with Crippen LogP contribution in [0.2, 0.25) is 0 Å². The number of carbonyl (C=O) groups is 1. The normalized spacial score (nSPS) is 15.3. The highest BCUT2D eigenvalue weighted by Crippen LogP contribution is 2.20. The fourth-order valence-electron chi connectivity index (χ4n) is 2.29. The van der Waals surface area contributed by atoms with Crippen LogP contribution in [0.1, 0.15) is 24.8 Å². The summed E-state index contributed by atoms with van der Waals surface area (Å²) in [4.78, 5) is 13.6. The number of anilines is 1. The summed E-state index contributed by atoms with van der Waals surface area (Å²) >= 11 is 0. The monoisotopic (exact) mass is 247 g/mol. The van der Waals surface area contributed by atoms with E-state index in [9.17, 15) is 4.79 Å². The maximum atomic E-state index is 11.1. The molecule has 0 aromatic heterocycles. The Morgan fingerprint density at radius 1 is 1.28 bits per heavy atom. The maximum absolute atomic E-state index is 11.1. The Kier molecular flexibility index (Phi) is 4.45. The van der Waals surface area contributed by atoms with E-state index >= 15 is 0 Å². The molecule has 2 rings (SSSR count). The molecule has 1 aliphatic heterocycles. The molecule has 0 radical (unpaired) electrons. The van der Waals surface area contributed by atoms with Crippen LogP contribution in [0, 0.1) is 0 Å². The third-order valence-corrected chi connectivity index (χ3v) is 3.31. The van der Waals surface area contributed by atoms with Gasteiger partial charge in [-0.2, -0.15) is 0 Å². The van der Waals surface area contributed by atoms with E-state index in [1.165, 1.54) is 24.9 Å². The zero-order valence-electron chi connectivity index (χ0n) is 10.9. The first-order valence-electron chi connectivity index (χ1n) is 6.59. The zero-order chi connectivity index (χ0) is 12.8. The van der Waals surface area contributed by atoms with Gasteiger partial charge in [0, 0.05) is 32.4 Å². The molecule has 1 aliphatic rings. The standard InChI is InChI=1S/C14H21N3O/c1-15-14(18)16-11-12-6-5-7-13(10-12)17-8-3-2-4-9-17/h5-7,10H,2-4,8-9,11H2,1H3,(H2,15,16,18). The molecule has 1 fully saturated rings. The highest BCUT2D eigenvalue weighted by Gasteiger charge is 2.10. The summed E-state index contributed by atoms with van der Waals surface area (Å²) < 4.78 is 0. The number of nitrogens with one attached hydrogen (secondary N) is 2. The van der Waals surface area contributed by atoms with Crippen molar-refractivity contribution >= 4 is 11.7 Å². The van der Waals surface area contributed by atoms with Gasteiger partial charge < -0.3 is 15.5 Å². The largest absolute Gasteiger partial charge is 0.372 e. The average molecular weight is 247 g/mol. The maximum Gasteiger partial charge on any atom is 0.314 e. The quantitative estimate of drug-likeness (QED) is 0.859. The van der Waals surface area contributed by atoms with Crippen LogP contribution in [0.25, 0.3) is 0 Å². The van der Waals surface area contributed by atoms with E-state index in [1.54, 1.807) is 7.05 Å². The molecular weight excluding hydrogens is 226 g/mol. The third-order valence-electron chi connectivity index (χ3n) is 3.31. The van der Waals surface area contributed by atoms with Gasteiger partial charge in [0.05, 0.1) is 0 Å². The van der Waals surface area contributed by atoms with Crippen molar-refractivity contribution in [3.8, 4) is 0 Å². The van der Waals surface area contributed by atoms with E-state index in [0.29, 0.717) is 6.54 Å². The molecular formula is C14H21N3O. The molecule has 1 saturated heterocycles. The van der Waals surface area contributed by atoms with Gasteiger partial charge in [0.2, 0.25) is 0 Å². The lowest BCUT2D eigenvalue weighted by Crippen LogP contribution is -2.32. The highest BCUT2D eigenvalue weighted by molar-refractivity contribution is 5.73. The Bertz CT molecular complexity index is 400. The van der Waals surface area contributed by atoms with Crippen LogP contribution in [-0.2, 0) is 6.54 Å². The molecule has 0 bridgehead atoms. The van der Waals surface area contributed by atoms with Crippen molar-refractivity contribution in [3.63, 3.8) is 0 Å². The van der Waals surface area contributed by atoms with E-state index in [1.807, 2.05) is 6.07 Å². The summed E-state index contributed by atoms with van der Waals surface area (Å²) in [5, 5.41) is 5.36. The Morgan fingerprint density at radius 3 is 2.78 bits per heavy atom. The molecule has 1 aromatic carbocycles. The van der Waals surface area contributed by atoms with Gasteiger partial charge in [0.25, 0.3) is 0 Å². The molecule has 2 amide bonds. The lowest BCUT2D eigenvalue weighted by Gasteiger charge is -2.29.